The molecule has 0 radical (unpaired) electrons. The van der Waals surface area contributed by atoms with Gasteiger partial charge in [-0.05, 0) is 98.2 Å². The van der Waals surface area contributed by atoms with E-state index in [0.717, 1.165) is 40.4 Å². The van der Waals surface area contributed by atoms with Crippen LogP contribution in [0.4, 0.5) is 0 Å². The zero-order valence-electron chi connectivity index (χ0n) is 15.4. The molecule has 0 spiro atoms. The molecule has 7 atom stereocenters. The monoisotopic (exact) mass is 302 g/mol. The number of fused-ring (bicyclic) bond motifs is 5. The van der Waals surface area contributed by atoms with E-state index in [2.05, 4.69) is 20.8 Å². The van der Waals surface area contributed by atoms with Gasteiger partial charge >= 0.3 is 0 Å². The van der Waals surface area contributed by atoms with Crippen LogP contribution in [0.3, 0.4) is 0 Å². The third-order valence-electron chi connectivity index (χ3n) is 9.63. The zero-order chi connectivity index (χ0) is 15.4. The predicted octanol–water partition coefficient (Wildman–Crippen LogP) is 6.84. The van der Waals surface area contributed by atoms with E-state index < -0.39 is 0 Å². The van der Waals surface area contributed by atoms with E-state index in [-0.39, 0.29) is 0 Å². The van der Waals surface area contributed by atoms with Gasteiger partial charge in [-0.2, -0.15) is 0 Å². The highest BCUT2D eigenvalue weighted by Crippen LogP contribution is 2.68. The van der Waals surface area contributed by atoms with Gasteiger partial charge in [0.1, 0.15) is 0 Å². The normalized spacial score (nSPS) is 54.4. The molecule has 1 unspecified atom stereocenters. The summed E-state index contributed by atoms with van der Waals surface area (Å²) in [6.45, 7) is 7.71. The Morgan fingerprint density at radius 2 is 1.68 bits per heavy atom. The molecule has 0 aromatic heterocycles. The molecule has 0 saturated heterocycles. The van der Waals surface area contributed by atoms with E-state index in [1.54, 1.807) is 51.4 Å². The largest absolute Gasteiger partial charge is 0.0651 e. The van der Waals surface area contributed by atoms with Crippen LogP contribution in [-0.4, -0.2) is 0 Å². The van der Waals surface area contributed by atoms with Crippen molar-refractivity contribution in [3.05, 3.63) is 0 Å². The van der Waals surface area contributed by atoms with Gasteiger partial charge in [-0.3, -0.25) is 0 Å². The molecule has 4 saturated carbocycles. The Kier molecular flexibility index (Phi) is 3.90. The summed E-state index contributed by atoms with van der Waals surface area (Å²) in [5.74, 6) is 5.43. The third kappa shape index (κ3) is 1.94. The standard InChI is InChI=1S/C22H38/c1-4-16-10-12-20-18-11-9-17-8-6-7-14-21(17,3)19(18)13-15-22(16,20)5-2/h16-20H,4-15H2,1-3H3/t16-,17?,18+,19-,20-,21-,22+/m0/s1. The minimum Gasteiger partial charge on any atom is -0.0651 e. The van der Waals surface area contributed by atoms with E-state index in [9.17, 15) is 0 Å². The van der Waals surface area contributed by atoms with Gasteiger partial charge < -0.3 is 0 Å². The summed E-state index contributed by atoms with van der Waals surface area (Å²) >= 11 is 0. The first-order chi connectivity index (χ1) is 10.7. The maximum Gasteiger partial charge on any atom is -0.0241 e. The van der Waals surface area contributed by atoms with Gasteiger partial charge in [-0.15, -0.1) is 0 Å². The Morgan fingerprint density at radius 3 is 2.45 bits per heavy atom. The molecule has 0 amide bonds. The lowest BCUT2D eigenvalue weighted by Crippen LogP contribution is -2.53. The van der Waals surface area contributed by atoms with Crippen molar-refractivity contribution in [2.24, 2.45) is 40.4 Å². The summed E-state index contributed by atoms with van der Waals surface area (Å²) in [4.78, 5) is 0. The molecule has 4 aliphatic rings. The summed E-state index contributed by atoms with van der Waals surface area (Å²) < 4.78 is 0. The van der Waals surface area contributed by atoms with Crippen LogP contribution in [0.2, 0.25) is 0 Å². The van der Waals surface area contributed by atoms with E-state index in [1.165, 1.54) is 25.7 Å². The topological polar surface area (TPSA) is 0 Å². The Balaban J connectivity index is 1.64. The summed E-state index contributed by atoms with van der Waals surface area (Å²) in [5, 5.41) is 0. The van der Waals surface area contributed by atoms with Crippen LogP contribution in [0, 0.1) is 40.4 Å². The fraction of sp³-hybridized carbons (Fsp3) is 1.00. The van der Waals surface area contributed by atoms with Crippen LogP contribution in [-0.2, 0) is 0 Å². The zero-order valence-corrected chi connectivity index (χ0v) is 15.4. The molecule has 0 aromatic rings. The molecule has 126 valence electrons. The molecule has 22 heavy (non-hydrogen) atoms. The maximum absolute atomic E-state index is 2.72. The summed E-state index contributed by atoms with van der Waals surface area (Å²) in [6, 6.07) is 0. The molecule has 4 rings (SSSR count). The first-order valence-corrected chi connectivity index (χ1v) is 10.7. The van der Waals surface area contributed by atoms with Crippen LogP contribution in [0.15, 0.2) is 0 Å². The summed E-state index contributed by atoms with van der Waals surface area (Å²) in [5.41, 5.74) is 1.49. The van der Waals surface area contributed by atoms with Crippen LogP contribution in [0.1, 0.15) is 97.8 Å². The van der Waals surface area contributed by atoms with E-state index >= 15 is 0 Å². The van der Waals surface area contributed by atoms with Gasteiger partial charge in [0.25, 0.3) is 0 Å². The van der Waals surface area contributed by atoms with Gasteiger partial charge in [0.2, 0.25) is 0 Å². The fourth-order valence-corrected chi connectivity index (χ4v) is 8.55. The van der Waals surface area contributed by atoms with Gasteiger partial charge in [0.15, 0.2) is 0 Å². The average Bonchev–Trinajstić information content (AvgIpc) is 2.93. The Bertz CT molecular complexity index is 410. The molecule has 0 heterocycles. The fourth-order valence-electron chi connectivity index (χ4n) is 8.55. The number of hydrogen-bond acceptors (Lipinski definition) is 0. The van der Waals surface area contributed by atoms with Crippen molar-refractivity contribution < 1.29 is 0 Å². The lowest BCUT2D eigenvalue weighted by molar-refractivity contribution is -0.117. The molecule has 0 heteroatoms. The Hall–Kier alpha value is 0. The molecule has 4 aliphatic carbocycles. The Labute approximate surface area is 138 Å². The molecule has 0 aromatic carbocycles. The number of hydrogen-bond donors (Lipinski definition) is 0. The minimum atomic E-state index is 0.728. The van der Waals surface area contributed by atoms with Gasteiger partial charge in [0, 0.05) is 0 Å². The highest BCUT2D eigenvalue weighted by Gasteiger charge is 2.60. The summed E-state index contributed by atoms with van der Waals surface area (Å²) in [7, 11) is 0. The highest BCUT2D eigenvalue weighted by molar-refractivity contribution is 5.09. The van der Waals surface area contributed by atoms with Crippen LogP contribution < -0.4 is 0 Å². The van der Waals surface area contributed by atoms with Crippen LogP contribution in [0.25, 0.3) is 0 Å². The lowest BCUT2D eigenvalue weighted by Gasteiger charge is -2.61. The van der Waals surface area contributed by atoms with Crippen molar-refractivity contribution in [2.45, 2.75) is 97.8 Å². The average molecular weight is 303 g/mol. The molecule has 0 nitrogen and oxygen atoms in total. The predicted molar refractivity (Wildman–Crippen MR) is 94.7 cm³/mol. The molecule has 0 aliphatic heterocycles. The maximum atomic E-state index is 2.72. The van der Waals surface area contributed by atoms with Gasteiger partial charge in [-0.1, -0.05) is 40.0 Å². The van der Waals surface area contributed by atoms with Crippen molar-refractivity contribution in [3.8, 4) is 0 Å². The second-order valence-corrected chi connectivity index (χ2v) is 9.71. The van der Waals surface area contributed by atoms with Gasteiger partial charge in [-0.25, -0.2) is 0 Å². The second kappa shape index (κ2) is 5.52. The molecule has 0 bridgehead atoms. The lowest BCUT2D eigenvalue weighted by atomic mass is 9.44. The quantitative estimate of drug-likeness (QED) is 0.524. The molecule has 4 fully saturated rings. The van der Waals surface area contributed by atoms with Crippen molar-refractivity contribution in [3.63, 3.8) is 0 Å². The second-order valence-electron chi connectivity index (χ2n) is 9.71. The van der Waals surface area contributed by atoms with Crippen molar-refractivity contribution in [1.82, 2.24) is 0 Å². The minimum absolute atomic E-state index is 0.728. The number of rotatable bonds is 2. The van der Waals surface area contributed by atoms with E-state index in [1.807, 2.05) is 0 Å². The van der Waals surface area contributed by atoms with Crippen molar-refractivity contribution in [1.29, 1.82) is 0 Å². The third-order valence-corrected chi connectivity index (χ3v) is 9.63. The molecular formula is C22H38. The molecule has 0 N–H and O–H groups in total. The first kappa shape index (κ1) is 15.5. The van der Waals surface area contributed by atoms with Crippen LogP contribution in [0.5, 0.6) is 0 Å². The smallest absolute Gasteiger partial charge is 0.0241 e. The highest BCUT2D eigenvalue weighted by atomic mass is 14.6. The Morgan fingerprint density at radius 1 is 0.818 bits per heavy atom. The van der Waals surface area contributed by atoms with E-state index in [0.29, 0.717) is 0 Å². The first-order valence-electron chi connectivity index (χ1n) is 10.7. The van der Waals surface area contributed by atoms with Gasteiger partial charge in [0.05, 0.1) is 0 Å². The van der Waals surface area contributed by atoms with Crippen molar-refractivity contribution in [2.75, 3.05) is 0 Å². The van der Waals surface area contributed by atoms with Crippen LogP contribution >= 0.6 is 0 Å². The van der Waals surface area contributed by atoms with E-state index in [4.69, 9.17) is 0 Å². The van der Waals surface area contributed by atoms with Crippen molar-refractivity contribution >= 4 is 0 Å². The summed E-state index contributed by atoms with van der Waals surface area (Å²) in [6.07, 6.45) is 18.5. The SMILES string of the molecule is CC[C@H]1CC[C@H]2[C@@H]3CCC4CCCC[C@]4(C)[C@H]3CC[C@]12CC. The molecular weight excluding hydrogens is 264 g/mol.